The standard InChI is InChI=1S/C23H26Cl2F2O5S/c1-5-6-11-31-21-18(24)12-16(13-19(21)25)22(2,3)15-7-9-17(10-8-15)32-23(26,27)20(28)14-33(4,29)30/h7-10,12-13H,5-6,11,14H2,1-4H3. The van der Waals surface area contributed by atoms with Crippen molar-refractivity contribution in [3.63, 3.8) is 0 Å². The van der Waals surface area contributed by atoms with Crippen molar-refractivity contribution in [3.8, 4) is 11.5 Å². The molecule has 0 unspecified atom stereocenters. The van der Waals surface area contributed by atoms with Crippen LogP contribution in [-0.4, -0.2) is 38.9 Å². The van der Waals surface area contributed by atoms with Crippen molar-refractivity contribution in [2.75, 3.05) is 18.6 Å². The summed E-state index contributed by atoms with van der Waals surface area (Å²) in [6.45, 7) is 6.36. The number of carbonyl (C=O) groups excluding carboxylic acids is 1. The largest absolute Gasteiger partial charge is 0.490 e. The number of carbonyl (C=O) groups is 1. The van der Waals surface area contributed by atoms with E-state index in [1.165, 1.54) is 12.1 Å². The van der Waals surface area contributed by atoms with Gasteiger partial charge in [0, 0.05) is 11.7 Å². The lowest BCUT2D eigenvalue weighted by molar-refractivity contribution is -0.187. The summed E-state index contributed by atoms with van der Waals surface area (Å²) < 4.78 is 60.4. The topological polar surface area (TPSA) is 69.7 Å². The van der Waals surface area contributed by atoms with Crippen molar-refractivity contribution in [2.24, 2.45) is 0 Å². The molecule has 0 spiro atoms. The van der Waals surface area contributed by atoms with Crippen molar-refractivity contribution in [1.82, 2.24) is 0 Å². The van der Waals surface area contributed by atoms with E-state index in [2.05, 4.69) is 4.74 Å². The Morgan fingerprint density at radius 2 is 1.58 bits per heavy atom. The lowest BCUT2D eigenvalue weighted by atomic mass is 9.78. The van der Waals surface area contributed by atoms with Crippen LogP contribution in [0.3, 0.4) is 0 Å². The molecule has 0 amide bonds. The number of halogens is 4. The zero-order valence-corrected chi connectivity index (χ0v) is 21.1. The highest BCUT2D eigenvalue weighted by Gasteiger charge is 2.43. The van der Waals surface area contributed by atoms with Crippen LogP contribution in [-0.2, 0) is 20.0 Å². The number of hydrogen-bond donors (Lipinski definition) is 0. The van der Waals surface area contributed by atoms with Crippen LogP contribution in [0.25, 0.3) is 0 Å². The van der Waals surface area contributed by atoms with Crippen LogP contribution in [0, 0.1) is 0 Å². The Hall–Kier alpha value is -1.90. The van der Waals surface area contributed by atoms with E-state index in [0.29, 0.717) is 28.7 Å². The third-order valence-corrected chi connectivity index (χ3v) is 6.35. The quantitative estimate of drug-likeness (QED) is 0.334. The SMILES string of the molecule is CCCCOc1c(Cl)cc(C(C)(C)c2ccc(OC(F)(F)C(=O)CS(C)(=O)=O)cc2)cc1Cl. The molecule has 0 fully saturated rings. The summed E-state index contributed by atoms with van der Waals surface area (Å²) in [5, 5.41) is 0.733. The van der Waals surface area contributed by atoms with Gasteiger partial charge in [0.15, 0.2) is 15.6 Å². The minimum atomic E-state index is -4.27. The highest BCUT2D eigenvalue weighted by Crippen LogP contribution is 2.41. The zero-order valence-electron chi connectivity index (χ0n) is 18.8. The molecule has 0 N–H and O–H groups in total. The molecule has 2 aromatic rings. The summed E-state index contributed by atoms with van der Waals surface area (Å²) in [6, 6.07) is 9.20. The first kappa shape index (κ1) is 27.3. The summed E-state index contributed by atoms with van der Waals surface area (Å²) in [5.41, 5.74) is 0.914. The molecule has 0 saturated carbocycles. The van der Waals surface area contributed by atoms with E-state index >= 15 is 0 Å². The van der Waals surface area contributed by atoms with Gasteiger partial charge in [-0.15, -0.1) is 0 Å². The van der Waals surface area contributed by atoms with Crippen LogP contribution in [0.4, 0.5) is 8.78 Å². The molecule has 0 aliphatic heterocycles. The number of unbranched alkanes of at least 4 members (excludes halogenated alkanes) is 1. The smallest absolute Gasteiger partial charge is 0.462 e. The summed E-state index contributed by atoms with van der Waals surface area (Å²) in [4.78, 5) is 11.6. The maximum absolute atomic E-state index is 14.0. The van der Waals surface area contributed by atoms with Crippen molar-refractivity contribution in [1.29, 1.82) is 0 Å². The summed E-state index contributed by atoms with van der Waals surface area (Å²) in [7, 11) is -3.91. The molecule has 0 bridgehead atoms. The van der Waals surface area contributed by atoms with Crippen molar-refractivity contribution < 1.29 is 31.5 Å². The lowest BCUT2D eigenvalue weighted by Gasteiger charge is -2.27. The van der Waals surface area contributed by atoms with E-state index in [1.54, 1.807) is 24.3 Å². The van der Waals surface area contributed by atoms with E-state index in [1.807, 2.05) is 20.8 Å². The Balaban J connectivity index is 2.23. The molecule has 0 atom stereocenters. The highest BCUT2D eigenvalue weighted by molar-refractivity contribution is 7.91. The number of Topliss-reactive ketones (excluding diaryl/α,β-unsaturated/α-hetero) is 1. The number of benzene rings is 2. The van der Waals surface area contributed by atoms with E-state index < -0.39 is 32.9 Å². The zero-order chi connectivity index (χ0) is 25.0. The van der Waals surface area contributed by atoms with Crippen LogP contribution >= 0.6 is 23.2 Å². The Kier molecular flexibility index (Phi) is 8.76. The first-order valence-corrected chi connectivity index (χ1v) is 13.0. The molecule has 182 valence electrons. The number of hydrogen-bond acceptors (Lipinski definition) is 5. The molecule has 0 aliphatic rings. The Labute approximate surface area is 202 Å². The molecular formula is C23H26Cl2F2O5S. The van der Waals surface area contributed by atoms with E-state index in [0.717, 1.165) is 24.0 Å². The second-order valence-electron chi connectivity index (χ2n) is 8.23. The monoisotopic (exact) mass is 522 g/mol. The van der Waals surface area contributed by atoms with E-state index in [9.17, 15) is 22.0 Å². The van der Waals surface area contributed by atoms with Crippen LogP contribution in [0.15, 0.2) is 36.4 Å². The number of sulfone groups is 1. The van der Waals surface area contributed by atoms with Gasteiger partial charge in [0.2, 0.25) is 0 Å². The Bertz CT molecular complexity index is 1080. The van der Waals surface area contributed by atoms with Gasteiger partial charge >= 0.3 is 6.11 Å². The van der Waals surface area contributed by atoms with Gasteiger partial charge in [0.05, 0.1) is 16.7 Å². The number of alkyl halides is 2. The minimum Gasteiger partial charge on any atom is -0.490 e. The third kappa shape index (κ3) is 7.29. The normalized spacial score (nSPS) is 12.5. The van der Waals surface area contributed by atoms with Gasteiger partial charge in [-0.2, -0.15) is 8.78 Å². The minimum absolute atomic E-state index is 0.280. The summed E-state index contributed by atoms with van der Waals surface area (Å²) >= 11 is 12.8. The number of rotatable bonds is 11. The molecule has 2 rings (SSSR count). The first-order chi connectivity index (χ1) is 15.2. The summed E-state index contributed by atoms with van der Waals surface area (Å²) in [6.07, 6.45) is -1.74. The van der Waals surface area contributed by atoms with Crippen LogP contribution < -0.4 is 9.47 Å². The molecule has 10 heteroatoms. The first-order valence-electron chi connectivity index (χ1n) is 10.2. The van der Waals surface area contributed by atoms with Gasteiger partial charge in [-0.3, -0.25) is 4.79 Å². The van der Waals surface area contributed by atoms with Crippen LogP contribution in [0.2, 0.25) is 10.0 Å². The van der Waals surface area contributed by atoms with Gasteiger partial charge in [-0.05, 0) is 41.8 Å². The average Bonchev–Trinajstić information content (AvgIpc) is 2.68. The molecule has 0 radical (unpaired) electrons. The molecule has 5 nitrogen and oxygen atoms in total. The third-order valence-electron chi connectivity index (χ3n) is 5.00. The number of ether oxygens (including phenoxy) is 2. The van der Waals surface area contributed by atoms with Crippen LogP contribution in [0.1, 0.15) is 44.7 Å². The van der Waals surface area contributed by atoms with Crippen molar-refractivity contribution in [2.45, 2.75) is 45.1 Å². The average molecular weight is 523 g/mol. The molecule has 0 aliphatic carbocycles. The molecule has 0 aromatic heterocycles. The molecule has 2 aromatic carbocycles. The second kappa shape index (κ2) is 10.6. The predicted molar refractivity (Wildman–Crippen MR) is 126 cm³/mol. The highest BCUT2D eigenvalue weighted by atomic mass is 35.5. The van der Waals surface area contributed by atoms with E-state index in [4.69, 9.17) is 27.9 Å². The van der Waals surface area contributed by atoms with Crippen molar-refractivity contribution >= 4 is 38.8 Å². The second-order valence-corrected chi connectivity index (χ2v) is 11.2. The molecule has 33 heavy (non-hydrogen) atoms. The van der Waals surface area contributed by atoms with Gasteiger partial charge < -0.3 is 9.47 Å². The molecule has 0 heterocycles. The lowest BCUT2D eigenvalue weighted by Crippen LogP contribution is -2.39. The van der Waals surface area contributed by atoms with Crippen molar-refractivity contribution in [3.05, 3.63) is 57.6 Å². The van der Waals surface area contributed by atoms with Gasteiger partial charge in [0.1, 0.15) is 11.5 Å². The Morgan fingerprint density at radius 1 is 1.03 bits per heavy atom. The van der Waals surface area contributed by atoms with Gasteiger partial charge in [0.25, 0.3) is 5.78 Å². The van der Waals surface area contributed by atoms with Gasteiger partial charge in [-0.25, -0.2) is 8.42 Å². The number of ketones is 1. The van der Waals surface area contributed by atoms with Gasteiger partial charge in [-0.1, -0.05) is 62.5 Å². The fourth-order valence-corrected chi connectivity index (χ4v) is 4.25. The van der Waals surface area contributed by atoms with Crippen LogP contribution in [0.5, 0.6) is 11.5 Å². The summed E-state index contributed by atoms with van der Waals surface area (Å²) in [5.74, 6) is -3.02. The predicted octanol–water partition coefficient (Wildman–Crippen LogP) is 6.08. The fourth-order valence-electron chi connectivity index (χ4n) is 3.01. The maximum Gasteiger partial charge on any atom is 0.462 e. The maximum atomic E-state index is 14.0. The Morgan fingerprint density at radius 3 is 2.06 bits per heavy atom. The molecule has 0 saturated heterocycles. The fraction of sp³-hybridized carbons (Fsp3) is 0.435. The van der Waals surface area contributed by atoms with E-state index in [-0.39, 0.29) is 5.75 Å². The molecular weight excluding hydrogens is 497 g/mol.